The number of benzene rings is 1. The standard InChI is InChI=1S/C15H17Cl2NO3/c1-2-4-12(15(20)21)18-14(19)10-7-9(10)8-5-3-6-11(16)13(8)17/h3,5-6,9-10,12H,2,4,7H2,1H3,(H,18,19)(H,20,21). The Morgan fingerprint density at radius 1 is 1.43 bits per heavy atom. The third kappa shape index (κ3) is 3.69. The lowest BCUT2D eigenvalue weighted by Crippen LogP contribution is -2.41. The minimum absolute atomic E-state index is 0.0206. The summed E-state index contributed by atoms with van der Waals surface area (Å²) in [6.07, 6.45) is 1.80. The molecule has 2 rings (SSSR count). The van der Waals surface area contributed by atoms with Gasteiger partial charge in [0.05, 0.1) is 10.0 Å². The number of aliphatic carboxylic acids is 1. The minimum Gasteiger partial charge on any atom is -0.480 e. The summed E-state index contributed by atoms with van der Waals surface area (Å²) in [6, 6.07) is 4.53. The van der Waals surface area contributed by atoms with Crippen LogP contribution in [-0.2, 0) is 9.59 Å². The first-order chi connectivity index (χ1) is 9.95. The van der Waals surface area contributed by atoms with Crippen molar-refractivity contribution in [1.29, 1.82) is 0 Å². The van der Waals surface area contributed by atoms with Crippen LogP contribution in [0, 0.1) is 5.92 Å². The van der Waals surface area contributed by atoms with Crippen molar-refractivity contribution >= 4 is 35.1 Å². The second-order valence-electron chi connectivity index (χ2n) is 5.28. The molecule has 1 aromatic rings. The molecule has 1 aromatic carbocycles. The Labute approximate surface area is 133 Å². The van der Waals surface area contributed by atoms with Crippen LogP contribution in [0.25, 0.3) is 0 Å². The third-order valence-corrected chi connectivity index (χ3v) is 4.53. The summed E-state index contributed by atoms with van der Waals surface area (Å²) in [7, 11) is 0. The highest BCUT2D eigenvalue weighted by Gasteiger charge is 2.45. The Morgan fingerprint density at radius 3 is 2.76 bits per heavy atom. The number of hydrogen-bond donors (Lipinski definition) is 2. The molecule has 0 saturated heterocycles. The normalized spacial score (nSPS) is 21.7. The van der Waals surface area contributed by atoms with Crippen LogP contribution in [-0.4, -0.2) is 23.0 Å². The van der Waals surface area contributed by atoms with Gasteiger partial charge < -0.3 is 10.4 Å². The van der Waals surface area contributed by atoms with Gasteiger partial charge in [-0.3, -0.25) is 4.79 Å². The molecule has 3 atom stereocenters. The number of amides is 1. The minimum atomic E-state index is -0.997. The fourth-order valence-corrected chi connectivity index (χ4v) is 2.91. The Balaban J connectivity index is 2.01. The van der Waals surface area contributed by atoms with E-state index >= 15 is 0 Å². The van der Waals surface area contributed by atoms with E-state index < -0.39 is 12.0 Å². The Bertz CT molecular complexity index is 562. The van der Waals surface area contributed by atoms with Crippen molar-refractivity contribution in [3.05, 3.63) is 33.8 Å². The van der Waals surface area contributed by atoms with E-state index in [1.165, 1.54) is 0 Å². The monoisotopic (exact) mass is 329 g/mol. The largest absolute Gasteiger partial charge is 0.480 e. The van der Waals surface area contributed by atoms with Gasteiger partial charge in [0.1, 0.15) is 6.04 Å². The highest BCUT2D eigenvalue weighted by molar-refractivity contribution is 6.42. The number of carbonyl (C=O) groups is 2. The van der Waals surface area contributed by atoms with Gasteiger partial charge >= 0.3 is 5.97 Å². The topological polar surface area (TPSA) is 66.4 Å². The predicted octanol–water partition coefficient (Wildman–Crippen LogP) is 3.47. The van der Waals surface area contributed by atoms with Crippen molar-refractivity contribution in [3.8, 4) is 0 Å². The molecule has 21 heavy (non-hydrogen) atoms. The molecule has 1 fully saturated rings. The van der Waals surface area contributed by atoms with E-state index in [0.717, 1.165) is 5.56 Å². The molecular formula is C15H17Cl2NO3. The van der Waals surface area contributed by atoms with Crippen LogP contribution >= 0.6 is 23.2 Å². The van der Waals surface area contributed by atoms with Crippen LogP contribution in [0.1, 0.15) is 37.7 Å². The lowest BCUT2D eigenvalue weighted by molar-refractivity contribution is -0.142. The summed E-state index contributed by atoms with van der Waals surface area (Å²) in [4.78, 5) is 23.2. The fraction of sp³-hybridized carbons (Fsp3) is 0.467. The van der Waals surface area contributed by atoms with Crippen LogP contribution in [0.2, 0.25) is 10.0 Å². The zero-order valence-electron chi connectivity index (χ0n) is 11.6. The maximum absolute atomic E-state index is 12.1. The molecule has 6 heteroatoms. The van der Waals surface area contributed by atoms with E-state index in [1.807, 2.05) is 13.0 Å². The van der Waals surface area contributed by atoms with Gasteiger partial charge in [-0.1, -0.05) is 48.7 Å². The summed E-state index contributed by atoms with van der Waals surface area (Å²) >= 11 is 12.1. The molecule has 0 spiro atoms. The molecule has 1 aliphatic rings. The molecule has 3 unspecified atom stereocenters. The van der Waals surface area contributed by atoms with Crippen molar-refractivity contribution in [2.75, 3.05) is 0 Å². The molecule has 1 amide bonds. The number of halogens is 2. The molecule has 0 bridgehead atoms. The van der Waals surface area contributed by atoms with E-state index in [2.05, 4.69) is 5.32 Å². The van der Waals surface area contributed by atoms with Gasteiger partial charge in [0, 0.05) is 5.92 Å². The Morgan fingerprint density at radius 2 is 2.14 bits per heavy atom. The second-order valence-corrected chi connectivity index (χ2v) is 6.06. The molecule has 4 nitrogen and oxygen atoms in total. The van der Waals surface area contributed by atoms with Crippen LogP contribution < -0.4 is 5.32 Å². The quantitative estimate of drug-likeness (QED) is 0.839. The van der Waals surface area contributed by atoms with Crippen LogP contribution in [0.5, 0.6) is 0 Å². The van der Waals surface area contributed by atoms with E-state index in [0.29, 0.717) is 29.3 Å². The summed E-state index contributed by atoms with van der Waals surface area (Å²) < 4.78 is 0. The summed E-state index contributed by atoms with van der Waals surface area (Å²) in [5.41, 5.74) is 0.853. The summed E-state index contributed by atoms with van der Waals surface area (Å²) in [6.45, 7) is 1.88. The van der Waals surface area contributed by atoms with Crippen molar-refractivity contribution < 1.29 is 14.7 Å². The van der Waals surface area contributed by atoms with Gasteiger partial charge in [0.15, 0.2) is 0 Å². The lowest BCUT2D eigenvalue weighted by Gasteiger charge is -2.13. The van der Waals surface area contributed by atoms with Gasteiger partial charge in [-0.15, -0.1) is 0 Å². The van der Waals surface area contributed by atoms with Gasteiger partial charge in [-0.2, -0.15) is 0 Å². The predicted molar refractivity (Wildman–Crippen MR) is 81.8 cm³/mol. The first kappa shape index (κ1) is 16.1. The number of carboxylic acids is 1. The number of carbonyl (C=O) groups excluding carboxylic acids is 1. The average Bonchev–Trinajstić information content (AvgIpc) is 3.21. The zero-order valence-corrected chi connectivity index (χ0v) is 13.1. The molecule has 0 aliphatic heterocycles. The fourth-order valence-electron chi connectivity index (χ4n) is 2.46. The van der Waals surface area contributed by atoms with Crippen molar-refractivity contribution in [3.63, 3.8) is 0 Å². The van der Waals surface area contributed by atoms with Crippen molar-refractivity contribution in [2.45, 2.75) is 38.1 Å². The highest BCUT2D eigenvalue weighted by atomic mass is 35.5. The van der Waals surface area contributed by atoms with Gasteiger partial charge in [-0.25, -0.2) is 4.79 Å². The van der Waals surface area contributed by atoms with Crippen LogP contribution in [0.3, 0.4) is 0 Å². The molecule has 0 radical (unpaired) electrons. The SMILES string of the molecule is CCCC(NC(=O)C1CC1c1cccc(Cl)c1Cl)C(=O)O. The first-order valence-electron chi connectivity index (χ1n) is 6.92. The van der Waals surface area contributed by atoms with E-state index in [4.69, 9.17) is 28.3 Å². The average molecular weight is 330 g/mol. The molecule has 2 N–H and O–H groups in total. The number of carboxylic acid groups (broad SMARTS) is 1. The third-order valence-electron chi connectivity index (χ3n) is 3.70. The van der Waals surface area contributed by atoms with E-state index in [9.17, 15) is 9.59 Å². The molecule has 0 heterocycles. The molecule has 1 aliphatic carbocycles. The van der Waals surface area contributed by atoms with Crippen LogP contribution in [0.4, 0.5) is 0 Å². The van der Waals surface area contributed by atoms with Crippen molar-refractivity contribution in [2.24, 2.45) is 5.92 Å². The smallest absolute Gasteiger partial charge is 0.326 e. The van der Waals surface area contributed by atoms with Crippen LogP contribution in [0.15, 0.2) is 18.2 Å². The highest BCUT2D eigenvalue weighted by Crippen LogP contribution is 2.50. The molecule has 0 aromatic heterocycles. The van der Waals surface area contributed by atoms with Crippen molar-refractivity contribution in [1.82, 2.24) is 5.32 Å². The molecule has 1 saturated carbocycles. The Kier molecular flexibility index (Phi) is 5.12. The maximum Gasteiger partial charge on any atom is 0.326 e. The maximum atomic E-state index is 12.1. The van der Waals surface area contributed by atoms with E-state index in [-0.39, 0.29) is 17.7 Å². The second kappa shape index (κ2) is 6.67. The van der Waals surface area contributed by atoms with Gasteiger partial charge in [0.2, 0.25) is 5.91 Å². The number of nitrogens with one attached hydrogen (secondary N) is 1. The van der Waals surface area contributed by atoms with Gasteiger partial charge in [-0.05, 0) is 30.4 Å². The molecule has 114 valence electrons. The first-order valence-corrected chi connectivity index (χ1v) is 7.68. The zero-order chi connectivity index (χ0) is 15.6. The number of rotatable bonds is 6. The summed E-state index contributed by atoms with van der Waals surface area (Å²) in [5.74, 6) is -1.42. The molecular weight excluding hydrogens is 313 g/mol. The van der Waals surface area contributed by atoms with Gasteiger partial charge in [0.25, 0.3) is 0 Å². The Hall–Kier alpha value is -1.26. The lowest BCUT2D eigenvalue weighted by atomic mass is 10.1. The number of hydrogen-bond acceptors (Lipinski definition) is 2. The summed E-state index contributed by atoms with van der Waals surface area (Å²) in [5, 5.41) is 12.6. The van der Waals surface area contributed by atoms with E-state index in [1.54, 1.807) is 12.1 Å².